The van der Waals surface area contributed by atoms with Gasteiger partial charge in [-0.2, -0.15) is 0 Å². The van der Waals surface area contributed by atoms with Crippen molar-refractivity contribution in [3.05, 3.63) is 0 Å². The molecule has 64 valence electrons. The average molecular weight is 222 g/mol. The molecule has 1 nitrogen and oxygen atoms in total. The first-order chi connectivity index (χ1) is 3.72. The predicted molar refractivity (Wildman–Crippen MR) is 59.0 cm³/mol. The molecule has 0 aromatic rings. The van der Waals surface area contributed by atoms with Gasteiger partial charge in [-0.15, -0.1) is 37.4 Å². The summed E-state index contributed by atoms with van der Waals surface area (Å²) in [6.45, 7) is 6.04. The van der Waals surface area contributed by atoms with E-state index in [0.29, 0.717) is 4.32 Å². The van der Waals surface area contributed by atoms with E-state index in [1.54, 1.807) is 0 Å². The van der Waals surface area contributed by atoms with Crippen LogP contribution in [0.25, 0.3) is 0 Å². The van der Waals surface area contributed by atoms with Gasteiger partial charge in [-0.05, 0) is 13.8 Å². The zero-order valence-electron chi connectivity index (χ0n) is 6.03. The molecule has 0 bridgehead atoms. The Hall–Kier alpha value is 0.820. The molecule has 0 saturated heterocycles. The van der Waals surface area contributed by atoms with Crippen LogP contribution in [0.15, 0.2) is 0 Å². The van der Waals surface area contributed by atoms with Crippen LogP contribution in [0.4, 0.5) is 0 Å². The molecule has 0 rings (SSSR count). The molecule has 0 spiro atoms. The van der Waals surface area contributed by atoms with Crippen LogP contribution in [-0.4, -0.2) is 22.3 Å². The van der Waals surface area contributed by atoms with E-state index in [2.05, 4.69) is 26.5 Å². The van der Waals surface area contributed by atoms with Crippen molar-refractivity contribution in [1.82, 2.24) is 4.90 Å². The van der Waals surface area contributed by atoms with Gasteiger partial charge in [-0.1, -0.05) is 12.2 Å². The van der Waals surface area contributed by atoms with Gasteiger partial charge in [-0.3, -0.25) is 0 Å². The highest BCUT2D eigenvalue weighted by molar-refractivity contribution is 8.10. The van der Waals surface area contributed by atoms with E-state index in [-0.39, 0.29) is 24.8 Å². The fourth-order valence-electron chi connectivity index (χ4n) is 0.494. The molecule has 0 saturated carbocycles. The molecular formula is C5H13Cl2NS2. The van der Waals surface area contributed by atoms with Gasteiger partial charge in [0.1, 0.15) is 4.32 Å². The van der Waals surface area contributed by atoms with E-state index in [9.17, 15) is 0 Å². The summed E-state index contributed by atoms with van der Waals surface area (Å²) < 4.78 is 0.690. The molecule has 0 fully saturated rings. The number of hydrogen-bond acceptors (Lipinski definition) is 1. The SMILES string of the molecule is CCN(CC)C(=S)S.Cl.Cl. The summed E-state index contributed by atoms with van der Waals surface area (Å²) in [5, 5.41) is 0. The van der Waals surface area contributed by atoms with Crippen molar-refractivity contribution in [2.24, 2.45) is 0 Å². The summed E-state index contributed by atoms with van der Waals surface area (Å²) in [5.41, 5.74) is 0. The monoisotopic (exact) mass is 221 g/mol. The van der Waals surface area contributed by atoms with Gasteiger partial charge in [0.05, 0.1) is 0 Å². The number of halogens is 2. The van der Waals surface area contributed by atoms with Gasteiger partial charge < -0.3 is 4.90 Å². The third-order valence-corrected chi connectivity index (χ3v) is 1.58. The Balaban J connectivity index is -0.000000245. The lowest BCUT2D eigenvalue weighted by atomic mass is 10.6. The summed E-state index contributed by atoms with van der Waals surface area (Å²) in [7, 11) is 0. The molecule has 0 radical (unpaired) electrons. The van der Waals surface area contributed by atoms with Crippen LogP contribution in [-0.2, 0) is 0 Å². The van der Waals surface area contributed by atoms with Gasteiger partial charge in [0.25, 0.3) is 0 Å². The highest BCUT2D eigenvalue weighted by Crippen LogP contribution is 1.93. The van der Waals surface area contributed by atoms with Crippen LogP contribution in [0.3, 0.4) is 0 Å². The summed E-state index contributed by atoms with van der Waals surface area (Å²) in [5.74, 6) is 0. The Kier molecular flexibility index (Phi) is 16.8. The van der Waals surface area contributed by atoms with Crippen LogP contribution in [0.2, 0.25) is 0 Å². The first kappa shape index (κ1) is 17.1. The molecule has 0 aromatic carbocycles. The van der Waals surface area contributed by atoms with Crippen molar-refractivity contribution in [1.29, 1.82) is 0 Å². The van der Waals surface area contributed by atoms with E-state index in [1.165, 1.54) is 0 Å². The maximum atomic E-state index is 4.81. The molecule has 0 unspecified atom stereocenters. The first-order valence-electron chi connectivity index (χ1n) is 2.70. The molecule has 0 heterocycles. The Morgan fingerprint density at radius 1 is 1.30 bits per heavy atom. The molecular weight excluding hydrogens is 209 g/mol. The smallest absolute Gasteiger partial charge is 0.133 e. The van der Waals surface area contributed by atoms with Gasteiger partial charge in [0, 0.05) is 13.1 Å². The predicted octanol–water partition coefficient (Wildman–Crippen LogP) is 2.39. The highest BCUT2D eigenvalue weighted by Gasteiger charge is 1.96. The van der Waals surface area contributed by atoms with Crippen molar-refractivity contribution in [2.75, 3.05) is 13.1 Å². The maximum Gasteiger partial charge on any atom is 0.133 e. The quantitative estimate of drug-likeness (QED) is 0.564. The number of hydrogen-bond donors (Lipinski definition) is 1. The summed E-state index contributed by atoms with van der Waals surface area (Å²) in [6, 6.07) is 0. The van der Waals surface area contributed by atoms with E-state index < -0.39 is 0 Å². The van der Waals surface area contributed by atoms with Crippen LogP contribution < -0.4 is 0 Å². The minimum absolute atomic E-state index is 0. The van der Waals surface area contributed by atoms with E-state index in [1.807, 2.05) is 4.90 Å². The zero-order chi connectivity index (χ0) is 6.57. The van der Waals surface area contributed by atoms with Gasteiger partial charge >= 0.3 is 0 Å². The number of nitrogens with zero attached hydrogens (tertiary/aromatic N) is 1. The van der Waals surface area contributed by atoms with E-state index in [0.717, 1.165) is 13.1 Å². The second-order valence-electron chi connectivity index (χ2n) is 1.45. The average Bonchev–Trinajstić information content (AvgIpc) is 1.69. The lowest BCUT2D eigenvalue weighted by Gasteiger charge is -2.16. The Morgan fingerprint density at radius 2 is 1.60 bits per heavy atom. The van der Waals surface area contributed by atoms with Crippen molar-refractivity contribution >= 4 is 54.0 Å². The Bertz CT molecular complexity index is 85.7. The maximum absolute atomic E-state index is 4.81. The Labute approximate surface area is 85.8 Å². The largest absolute Gasteiger partial charge is 0.358 e. The third kappa shape index (κ3) is 6.93. The number of thiol groups is 1. The van der Waals surface area contributed by atoms with Gasteiger partial charge in [0.2, 0.25) is 0 Å². The molecule has 0 amide bonds. The second kappa shape index (κ2) is 9.82. The van der Waals surface area contributed by atoms with Crippen LogP contribution >= 0.6 is 49.7 Å². The molecule has 0 N–H and O–H groups in total. The van der Waals surface area contributed by atoms with Crippen LogP contribution in [0, 0.1) is 0 Å². The summed E-state index contributed by atoms with van der Waals surface area (Å²) >= 11 is 8.82. The lowest BCUT2D eigenvalue weighted by molar-refractivity contribution is 0.482. The fourth-order valence-corrected chi connectivity index (χ4v) is 1.04. The summed E-state index contributed by atoms with van der Waals surface area (Å²) in [4.78, 5) is 2.01. The zero-order valence-corrected chi connectivity index (χ0v) is 9.38. The molecule has 0 aliphatic heterocycles. The molecule has 0 aromatic heterocycles. The molecule has 5 heteroatoms. The second-order valence-corrected chi connectivity index (χ2v) is 2.57. The minimum atomic E-state index is 0. The van der Waals surface area contributed by atoms with Crippen molar-refractivity contribution < 1.29 is 0 Å². The van der Waals surface area contributed by atoms with Crippen molar-refractivity contribution in [3.63, 3.8) is 0 Å². The van der Waals surface area contributed by atoms with Crippen molar-refractivity contribution in [2.45, 2.75) is 13.8 Å². The van der Waals surface area contributed by atoms with Gasteiger partial charge in [-0.25, -0.2) is 0 Å². The molecule has 0 aliphatic carbocycles. The number of thiocarbonyl (C=S) groups is 1. The normalized spacial score (nSPS) is 7.10. The van der Waals surface area contributed by atoms with Crippen LogP contribution in [0.1, 0.15) is 13.8 Å². The standard InChI is InChI=1S/C5H11NS2.2ClH/c1-3-6(4-2)5(7)8;;/h3-4H2,1-2H3,(H,7,8);2*1H. The summed E-state index contributed by atoms with van der Waals surface area (Å²) in [6.07, 6.45) is 0. The first-order valence-corrected chi connectivity index (χ1v) is 3.55. The Morgan fingerprint density at radius 3 is 1.60 bits per heavy atom. The minimum Gasteiger partial charge on any atom is -0.358 e. The molecule has 10 heavy (non-hydrogen) atoms. The van der Waals surface area contributed by atoms with Crippen molar-refractivity contribution in [3.8, 4) is 0 Å². The van der Waals surface area contributed by atoms with Gasteiger partial charge in [0.15, 0.2) is 0 Å². The van der Waals surface area contributed by atoms with E-state index in [4.69, 9.17) is 12.2 Å². The molecule has 0 aliphatic rings. The topological polar surface area (TPSA) is 3.24 Å². The number of rotatable bonds is 2. The molecule has 0 atom stereocenters. The highest BCUT2D eigenvalue weighted by atomic mass is 35.5. The van der Waals surface area contributed by atoms with E-state index >= 15 is 0 Å². The fraction of sp³-hybridized carbons (Fsp3) is 0.800. The third-order valence-electron chi connectivity index (χ3n) is 1.03. The van der Waals surface area contributed by atoms with Crippen LogP contribution in [0.5, 0.6) is 0 Å². The lowest BCUT2D eigenvalue weighted by Crippen LogP contribution is -2.24.